The van der Waals surface area contributed by atoms with Crippen molar-refractivity contribution in [3.05, 3.63) is 0 Å². The van der Waals surface area contributed by atoms with Gasteiger partial charge in [0, 0.05) is 18.5 Å². The molecule has 2 atom stereocenters. The highest BCUT2D eigenvalue weighted by Gasteiger charge is 2.35. The Labute approximate surface area is 91.0 Å². The smallest absolute Gasteiger partial charge is 0.236 e. The number of hydrogen-bond donors (Lipinski definition) is 1. The van der Waals surface area contributed by atoms with Crippen molar-refractivity contribution in [1.82, 2.24) is 10.2 Å². The summed E-state index contributed by atoms with van der Waals surface area (Å²) in [6.07, 6.45) is 3.61. The standard InChI is InChI=1S/C11H20N2O2/c1-12-7-11(14)13-5-6-15-8-9-3-2-4-10(9)13/h9-10,12H,2-8H2,1H3/t9-,10-/m0/s1. The number of carbonyl (C=O) groups is 1. The van der Waals surface area contributed by atoms with Gasteiger partial charge in [0.1, 0.15) is 0 Å². The van der Waals surface area contributed by atoms with E-state index in [-0.39, 0.29) is 5.91 Å². The van der Waals surface area contributed by atoms with Crippen LogP contribution in [0.5, 0.6) is 0 Å². The van der Waals surface area contributed by atoms with Crippen molar-refractivity contribution < 1.29 is 9.53 Å². The molecule has 2 fully saturated rings. The van der Waals surface area contributed by atoms with Gasteiger partial charge < -0.3 is 15.0 Å². The molecule has 0 unspecified atom stereocenters. The summed E-state index contributed by atoms with van der Waals surface area (Å²) >= 11 is 0. The van der Waals surface area contributed by atoms with Gasteiger partial charge in [0.2, 0.25) is 5.91 Å². The topological polar surface area (TPSA) is 41.6 Å². The van der Waals surface area contributed by atoms with Crippen LogP contribution in [-0.2, 0) is 9.53 Å². The fourth-order valence-corrected chi connectivity index (χ4v) is 2.75. The van der Waals surface area contributed by atoms with Crippen molar-refractivity contribution in [3.8, 4) is 0 Å². The highest BCUT2D eigenvalue weighted by molar-refractivity contribution is 5.78. The molecule has 0 spiro atoms. The minimum Gasteiger partial charge on any atom is -0.379 e. The first-order valence-corrected chi connectivity index (χ1v) is 5.84. The van der Waals surface area contributed by atoms with Gasteiger partial charge in [-0.1, -0.05) is 6.42 Å². The molecule has 4 nitrogen and oxygen atoms in total. The first-order chi connectivity index (χ1) is 7.33. The molecule has 0 aromatic rings. The van der Waals surface area contributed by atoms with Gasteiger partial charge in [-0.2, -0.15) is 0 Å². The van der Waals surface area contributed by atoms with Gasteiger partial charge in [0.05, 0.1) is 19.8 Å². The Hall–Kier alpha value is -0.610. The van der Waals surface area contributed by atoms with Crippen molar-refractivity contribution in [2.24, 2.45) is 5.92 Å². The van der Waals surface area contributed by atoms with Crippen LogP contribution in [0.2, 0.25) is 0 Å². The van der Waals surface area contributed by atoms with Crippen LogP contribution in [-0.4, -0.2) is 50.2 Å². The molecule has 86 valence electrons. The monoisotopic (exact) mass is 212 g/mol. The molecule has 1 saturated heterocycles. The molecule has 0 aromatic heterocycles. The van der Waals surface area contributed by atoms with E-state index in [2.05, 4.69) is 5.32 Å². The second kappa shape index (κ2) is 4.94. The minimum absolute atomic E-state index is 0.222. The lowest BCUT2D eigenvalue weighted by Crippen LogP contribution is -2.45. The van der Waals surface area contributed by atoms with Crippen LogP contribution in [0.4, 0.5) is 0 Å². The van der Waals surface area contributed by atoms with Gasteiger partial charge in [0.15, 0.2) is 0 Å². The third-order valence-corrected chi connectivity index (χ3v) is 3.48. The minimum atomic E-state index is 0.222. The summed E-state index contributed by atoms with van der Waals surface area (Å²) in [5.74, 6) is 0.799. The second-order valence-corrected chi connectivity index (χ2v) is 4.45. The van der Waals surface area contributed by atoms with Crippen LogP contribution >= 0.6 is 0 Å². The normalized spacial score (nSPS) is 31.1. The van der Waals surface area contributed by atoms with Crippen LogP contribution in [0.3, 0.4) is 0 Å². The van der Waals surface area contributed by atoms with Crippen molar-refractivity contribution in [3.63, 3.8) is 0 Å². The van der Waals surface area contributed by atoms with Gasteiger partial charge in [-0.25, -0.2) is 0 Å². The summed E-state index contributed by atoms with van der Waals surface area (Å²) in [6, 6.07) is 0.438. The largest absolute Gasteiger partial charge is 0.379 e. The van der Waals surface area contributed by atoms with E-state index in [0.29, 0.717) is 25.1 Å². The zero-order chi connectivity index (χ0) is 10.7. The van der Waals surface area contributed by atoms with Crippen LogP contribution in [0.25, 0.3) is 0 Å². The molecule has 1 aliphatic carbocycles. The predicted molar refractivity (Wildman–Crippen MR) is 57.6 cm³/mol. The molecule has 0 radical (unpaired) electrons. The highest BCUT2D eigenvalue weighted by Crippen LogP contribution is 2.31. The Morgan fingerprint density at radius 3 is 3.20 bits per heavy atom. The molecule has 15 heavy (non-hydrogen) atoms. The summed E-state index contributed by atoms with van der Waals surface area (Å²) in [6.45, 7) is 2.75. The van der Waals surface area contributed by atoms with E-state index in [1.54, 1.807) is 0 Å². The average molecular weight is 212 g/mol. The highest BCUT2D eigenvalue weighted by atomic mass is 16.5. The number of nitrogens with zero attached hydrogens (tertiary/aromatic N) is 1. The molecule has 1 N–H and O–H groups in total. The SMILES string of the molecule is CNCC(=O)N1CCOC[C@@H]2CCC[C@@H]21. The Kier molecular flexibility index (Phi) is 3.59. The van der Waals surface area contributed by atoms with Crippen LogP contribution < -0.4 is 5.32 Å². The Morgan fingerprint density at radius 2 is 2.40 bits per heavy atom. The van der Waals surface area contributed by atoms with E-state index < -0.39 is 0 Å². The number of amides is 1. The quantitative estimate of drug-likeness (QED) is 0.712. The van der Waals surface area contributed by atoms with Gasteiger partial charge >= 0.3 is 0 Å². The molecule has 0 bridgehead atoms. The Bertz CT molecular complexity index is 233. The van der Waals surface area contributed by atoms with Crippen LogP contribution in [0, 0.1) is 5.92 Å². The summed E-state index contributed by atoms with van der Waals surface area (Å²) in [7, 11) is 1.82. The second-order valence-electron chi connectivity index (χ2n) is 4.45. The number of nitrogens with one attached hydrogen (secondary N) is 1. The number of fused-ring (bicyclic) bond motifs is 1. The maximum atomic E-state index is 11.9. The van der Waals surface area contributed by atoms with E-state index in [4.69, 9.17) is 4.74 Å². The summed E-state index contributed by atoms with van der Waals surface area (Å²) < 4.78 is 5.55. The van der Waals surface area contributed by atoms with E-state index in [0.717, 1.165) is 19.6 Å². The molecule has 2 aliphatic rings. The molecule has 2 rings (SSSR count). The Balaban J connectivity index is 2.03. The van der Waals surface area contributed by atoms with Crippen LogP contribution in [0.1, 0.15) is 19.3 Å². The molecule has 1 saturated carbocycles. The number of rotatable bonds is 2. The molecule has 1 amide bonds. The molecular formula is C11H20N2O2. The van der Waals surface area contributed by atoms with Crippen molar-refractivity contribution in [2.75, 3.05) is 33.4 Å². The lowest BCUT2D eigenvalue weighted by molar-refractivity contribution is -0.132. The number of carbonyl (C=O) groups excluding carboxylic acids is 1. The lowest BCUT2D eigenvalue weighted by Gasteiger charge is -2.29. The maximum Gasteiger partial charge on any atom is 0.236 e. The predicted octanol–water partition coefficient (Wildman–Crippen LogP) is 0.233. The molecule has 0 aromatic carbocycles. The van der Waals surface area contributed by atoms with Crippen molar-refractivity contribution in [2.45, 2.75) is 25.3 Å². The fraction of sp³-hybridized carbons (Fsp3) is 0.909. The molecule has 1 heterocycles. The lowest BCUT2D eigenvalue weighted by atomic mass is 10.0. The van der Waals surface area contributed by atoms with E-state index >= 15 is 0 Å². The Morgan fingerprint density at radius 1 is 1.53 bits per heavy atom. The van der Waals surface area contributed by atoms with Gasteiger partial charge in [-0.05, 0) is 19.9 Å². The van der Waals surface area contributed by atoms with Gasteiger partial charge in [-0.3, -0.25) is 4.79 Å². The summed E-state index contributed by atoms with van der Waals surface area (Å²) in [5, 5.41) is 2.93. The van der Waals surface area contributed by atoms with Crippen molar-refractivity contribution in [1.29, 1.82) is 0 Å². The first kappa shape index (κ1) is 10.9. The van der Waals surface area contributed by atoms with Gasteiger partial charge in [0.25, 0.3) is 0 Å². The average Bonchev–Trinajstić information content (AvgIpc) is 2.58. The fourth-order valence-electron chi connectivity index (χ4n) is 2.75. The number of ether oxygens (including phenoxy) is 1. The molecular weight excluding hydrogens is 192 g/mol. The number of hydrogen-bond acceptors (Lipinski definition) is 3. The zero-order valence-corrected chi connectivity index (χ0v) is 9.37. The molecule has 4 heteroatoms. The van der Waals surface area contributed by atoms with E-state index in [1.165, 1.54) is 12.8 Å². The molecule has 1 aliphatic heterocycles. The first-order valence-electron chi connectivity index (χ1n) is 5.84. The summed E-state index contributed by atoms with van der Waals surface area (Å²) in [4.78, 5) is 13.9. The third-order valence-electron chi connectivity index (χ3n) is 3.48. The number of likely N-dealkylation sites (N-methyl/N-ethyl adjacent to an activating group) is 1. The van der Waals surface area contributed by atoms with Crippen LogP contribution in [0.15, 0.2) is 0 Å². The van der Waals surface area contributed by atoms with Gasteiger partial charge in [-0.15, -0.1) is 0 Å². The summed E-state index contributed by atoms with van der Waals surface area (Å²) in [5.41, 5.74) is 0. The zero-order valence-electron chi connectivity index (χ0n) is 9.37. The van der Waals surface area contributed by atoms with E-state index in [9.17, 15) is 4.79 Å². The third kappa shape index (κ3) is 2.32. The van der Waals surface area contributed by atoms with Crippen molar-refractivity contribution >= 4 is 5.91 Å². The van der Waals surface area contributed by atoms with E-state index in [1.807, 2.05) is 11.9 Å². The maximum absolute atomic E-state index is 11.9.